The van der Waals surface area contributed by atoms with E-state index < -0.39 is 5.97 Å². The summed E-state index contributed by atoms with van der Waals surface area (Å²) in [7, 11) is 1.34. The van der Waals surface area contributed by atoms with Crippen molar-refractivity contribution in [3.8, 4) is 0 Å². The first-order valence-corrected chi connectivity index (χ1v) is 8.76. The Morgan fingerprint density at radius 2 is 1.71 bits per heavy atom. The molecular weight excluding hydrogens is 354 g/mol. The van der Waals surface area contributed by atoms with E-state index in [1.54, 1.807) is 42.6 Å². The van der Waals surface area contributed by atoms with Crippen LogP contribution in [0.15, 0.2) is 60.8 Å². The summed E-state index contributed by atoms with van der Waals surface area (Å²) in [6.45, 7) is 3.98. The van der Waals surface area contributed by atoms with Crippen molar-refractivity contribution in [3.63, 3.8) is 0 Å². The minimum atomic E-state index is -0.397. The Morgan fingerprint density at radius 1 is 0.893 bits per heavy atom. The third-order valence-electron chi connectivity index (χ3n) is 4.35. The number of hydrogen-bond donors (Lipinski definition) is 2. The lowest BCUT2D eigenvalue weighted by atomic mass is 10.1. The van der Waals surface area contributed by atoms with Crippen LogP contribution in [0.25, 0.3) is 0 Å². The fourth-order valence-electron chi connectivity index (χ4n) is 2.62. The van der Waals surface area contributed by atoms with Gasteiger partial charge < -0.3 is 15.4 Å². The van der Waals surface area contributed by atoms with Crippen LogP contribution in [0.2, 0.25) is 0 Å². The maximum atomic E-state index is 12.4. The number of rotatable bonds is 5. The molecule has 0 saturated heterocycles. The van der Waals surface area contributed by atoms with E-state index in [0.717, 1.165) is 22.5 Å². The van der Waals surface area contributed by atoms with Crippen molar-refractivity contribution in [1.29, 1.82) is 0 Å². The number of carbonyl (C=O) groups is 2. The summed E-state index contributed by atoms with van der Waals surface area (Å²) in [5.41, 5.74) is 4.71. The second-order valence-electron chi connectivity index (χ2n) is 6.38. The molecule has 1 heterocycles. The quantitative estimate of drug-likeness (QED) is 0.643. The highest BCUT2D eigenvalue weighted by molar-refractivity contribution is 6.04. The van der Waals surface area contributed by atoms with Crippen LogP contribution in [0.1, 0.15) is 31.8 Å². The van der Waals surface area contributed by atoms with Crippen LogP contribution in [0.5, 0.6) is 0 Å². The van der Waals surface area contributed by atoms with Gasteiger partial charge in [0.1, 0.15) is 5.82 Å². The molecule has 0 spiro atoms. The normalized spacial score (nSPS) is 10.2. The lowest BCUT2D eigenvalue weighted by molar-refractivity contribution is 0.0600. The summed E-state index contributed by atoms with van der Waals surface area (Å²) in [6.07, 6.45) is 1.61. The first-order chi connectivity index (χ1) is 13.5. The van der Waals surface area contributed by atoms with Crippen LogP contribution in [0.4, 0.5) is 17.2 Å². The lowest BCUT2D eigenvalue weighted by Crippen LogP contribution is -2.13. The van der Waals surface area contributed by atoms with Crippen LogP contribution < -0.4 is 10.6 Å². The minimum absolute atomic E-state index is 0.206. The highest BCUT2D eigenvalue weighted by atomic mass is 16.5. The molecule has 142 valence electrons. The van der Waals surface area contributed by atoms with E-state index in [1.807, 2.05) is 32.0 Å². The number of hydrogen-bond acceptors (Lipinski definition) is 5. The molecule has 3 aromatic rings. The van der Waals surface area contributed by atoms with E-state index in [4.69, 9.17) is 4.74 Å². The molecule has 0 fully saturated rings. The topological polar surface area (TPSA) is 80.3 Å². The Kier molecular flexibility index (Phi) is 5.69. The van der Waals surface area contributed by atoms with Gasteiger partial charge >= 0.3 is 5.97 Å². The van der Waals surface area contributed by atoms with Gasteiger partial charge in [-0.2, -0.15) is 0 Å². The van der Waals surface area contributed by atoms with Crippen molar-refractivity contribution in [2.75, 3.05) is 17.7 Å². The van der Waals surface area contributed by atoms with Crippen molar-refractivity contribution in [3.05, 3.63) is 83.0 Å². The van der Waals surface area contributed by atoms with Gasteiger partial charge in [0, 0.05) is 11.3 Å². The number of pyridine rings is 1. The van der Waals surface area contributed by atoms with E-state index in [2.05, 4.69) is 15.6 Å². The largest absolute Gasteiger partial charge is 0.465 e. The van der Waals surface area contributed by atoms with E-state index in [1.165, 1.54) is 7.11 Å². The van der Waals surface area contributed by atoms with Crippen molar-refractivity contribution in [2.24, 2.45) is 0 Å². The van der Waals surface area contributed by atoms with Gasteiger partial charge in [0.15, 0.2) is 0 Å². The zero-order valence-corrected chi connectivity index (χ0v) is 15.9. The van der Waals surface area contributed by atoms with Crippen LogP contribution in [0.3, 0.4) is 0 Å². The van der Waals surface area contributed by atoms with Gasteiger partial charge in [0.05, 0.1) is 24.6 Å². The number of nitrogens with one attached hydrogen (secondary N) is 2. The fraction of sp³-hybridized carbons (Fsp3) is 0.136. The second-order valence-corrected chi connectivity index (χ2v) is 6.38. The van der Waals surface area contributed by atoms with E-state index in [9.17, 15) is 9.59 Å². The highest BCUT2D eigenvalue weighted by Crippen LogP contribution is 2.19. The van der Waals surface area contributed by atoms with E-state index in [-0.39, 0.29) is 5.91 Å². The van der Waals surface area contributed by atoms with Gasteiger partial charge in [-0.15, -0.1) is 0 Å². The molecule has 0 aliphatic carbocycles. The fourth-order valence-corrected chi connectivity index (χ4v) is 2.62. The zero-order chi connectivity index (χ0) is 20.1. The third-order valence-corrected chi connectivity index (χ3v) is 4.35. The Labute approximate surface area is 163 Å². The Hall–Kier alpha value is -3.67. The lowest BCUT2D eigenvalue weighted by Gasteiger charge is -2.09. The van der Waals surface area contributed by atoms with Crippen LogP contribution in [0, 0.1) is 13.8 Å². The number of benzene rings is 2. The molecule has 0 saturated carbocycles. The Bertz CT molecular complexity index is 1010. The molecule has 2 aromatic carbocycles. The third kappa shape index (κ3) is 4.54. The van der Waals surface area contributed by atoms with Gasteiger partial charge in [-0.25, -0.2) is 9.78 Å². The SMILES string of the molecule is COC(=O)c1cccc(Nc2ccc(NC(=O)c3ccc(C)c(C)c3)nc2)c1. The molecule has 28 heavy (non-hydrogen) atoms. The predicted octanol–water partition coefficient (Wildman–Crippen LogP) is 4.48. The summed E-state index contributed by atoms with van der Waals surface area (Å²) < 4.78 is 4.73. The second kappa shape index (κ2) is 8.35. The van der Waals surface area contributed by atoms with E-state index >= 15 is 0 Å². The summed E-state index contributed by atoms with van der Waals surface area (Å²) >= 11 is 0. The molecule has 6 nitrogen and oxygen atoms in total. The standard InChI is InChI=1S/C22H21N3O3/c1-14-7-8-16(11-15(14)2)21(26)25-20-10-9-19(13-23-20)24-18-6-4-5-17(12-18)22(27)28-3/h4-13,24H,1-3H3,(H,23,25,26). The Balaban J connectivity index is 1.67. The molecule has 0 radical (unpaired) electrons. The number of ether oxygens (including phenoxy) is 1. The van der Waals surface area contributed by atoms with Gasteiger partial charge in [-0.05, 0) is 67.4 Å². The predicted molar refractivity (Wildman–Crippen MR) is 109 cm³/mol. The van der Waals surface area contributed by atoms with Crippen molar-refractivity contribution in [2.45, 2.75) is 13.8 Å². The molecule has 0 atom stereocenters. The average molecular weight is 375 g/mol. The summed E-state index contributed by atoms with van der Waals surface area (Å²) in [5.74, 6) is -0.148. The van der Waals surface area contributed by atoms with Crippen molar-refractivity contribution in [1.82, 2.24) is 4.98 Å². The number of amides is 1. The first kappa shape index (κ1) is 19.1. The van der Waals surface area contributed by atoms with E-state index in [0.29, 0.717) is 16.9 Å². The molecule has 1 amide bonds. The molecule has 0 aliphatic rings. The number of aromatic nitrogens is 1. The number of esters is 1. The number of carbonyl (C=O) groups excluding carboxylic acids is 2. The van der Waals surface area contributed by atoms with Gasteiger partial charge in [-0.3, -0.25) is 4.79 Å². The minimum Gasteiger partial charge on any atom is -0.465 e. The highest BCUT2D eigenvalue weighted by Gasteiger charge is 2.09. The maximum Gasteiger partial charge on any atom is 0.337 e. The molecule has 0 bridgehead atoms. The van der Waals surface area contributed by atoms with Crippen molar-refractivity contribution >= 4 is 29.1 Å². The van der Waals surface area contributed by atoms with Gasteiger partial charge in [0.25, 0.3) is 5.91 Å². The maximum absolute atomic E-state index is 12.4. The molecule has 0 aliphatic heterocycles. The zero-order valence-electron chi connectivity index (χ0n) is 15.9. The van der Waals surface area contributed by atoms with Crippen LogP contribution >= 0.6 is 0 Å². The molecule has 0 unspecified atom stereocenters. The molecule has 2 N–H and O–H groups in total. The molecule has 6 heteroatoms. The number of nitrogens with zero attached hydrogens (tertiary/aromatic N) is 1. The number of aryl methyl sites for hydroxylation is 2. The first-order valence-electron chi connectivity index (χ1n) is 8.76. The summed E-state index contributed by atoms with van der Waals surface area (Å²) in [4.78, 5) is 28.3. The Morgan fingerprint density at radius 3 is 2.39 bits per heavy atom. The number of anilines is 3. The monoisotopic (exact) mass is 375 g/mol. The van der Waals surface area contributed by atoms with Crippen molar-refractivity contribution < 1.29 is 14.3 Å². The summed E-state index contributed by atoms with van der Waals surface area (Å²) in [5, 5.41) is 5.95. The molecular formula is C22H21N3O3. The average Bonchev–Trinajstić information content (AvgIpc) is 2.71. The molecule has 3 rings (SSSR count). The summed E-state index contributed by atoms with van der Waals surface area (Å²) in [6, 6.07) is 16.1. The number of methoxy groups -OCH3 is 1. The van der Waals surface area contributed by atoms with Crippen LogP contribution in [-0.4, -0.2) is 24.0 Å². The molecule has 1 aromatic heterocycles. The van der Waals surface area contributed by atoms with Gasteiger partial charge in [0.2, 0.25) is 0 Å². The van der Waals surface area contributed by atoms with Gasteiger partial charge in [-0.1, -0.05) is 12.1 Å². The van der Waals surface area contributed by atoms with Crippen LogP contribution in [-0.2, 0) is 4.74 Å². The smallest absolute Gasteiger partial charge is 0.337 e.